The van der Waals surface area contributed by atoms with Crippen molar-refractivity contribution in [2.45, 2.75) is 38.5 Å². The Bertz CT molecular complexity index is 759. The predicted octanol–water partition coefficient (Wildman–Crippen LogP) is 3.50. The van der Waals surface area contributed by atoms with Crippen molar-refractivity contribution in [3.63, 3.8) is 0 Å². The van der Waals surface area contributed by atoms with Crippen molar-refractivity contribution in [2.24, 2.45) is 13.0 Å². The summed E-state index contributed by atoms with van der Waals surface area (Å²) in [5.74, 6) is -0.999. The molecular weight excluding hydrogens is 336 g/mol. The first-order valence-corrected chi connectivity index (χ1v) is 9.20. The van der Waals surface area contributed by atoms with E-state index < -0.39 is 11.6 Å². The summed E-state index contributed by atoms with van der Waals surface area (Å²) in [6, 6.07) is 4.09. The van der Waals surface area contributed by atoms with Crippen LogP contribution in [0.15, 0.2) is 30.6 Å². The third-order valence-corrected chi connectivity index (χ3v) is 5.08. The molecule has 6 heteroatoms. The largest absolute Gasteiger partial charge is 0.342 e. The minimum atomic E-state index is -0.809. The molecule has 0 N–H and O–H groups in total. The van der Waals surface area contributed by atoms with Gasteiger partial charge in [-0.05, 0) is 61.3 Å². The summed E-state index contributed by atoms with van der Waals surface area (Å²) >= 11 is 0. The van der Waals surface area contributed by atoms with Crippen LogP contribution in [0.4, 0.5) is 8.78 Å². The smallest absolute Gasteiger partial charge is 0.222 e. The number of nitrogens with zero attached hydrogens (tertiary/aromatic N) is 3. The van der Waals surface area contributed by atoms with Crippen molar-refractivity contribution in [2.75, 3.05) is 13.1 Å². The third kappa shape index (κ3) is 4.90. The van der Waals surface area contributed by atoms with Crippen LogP contribution in [0.3, 0.4) is 0 Å². The predicted molar refractivity (Wildman–Crippen MR) is 95.5 cm³/mol. The van der Waals surface area contributed by atoms with Gasteiger partial charge in [-0.3, -0.25) is 9.48 Å². The van der Waals surface area contributed by atoms with E-state index in [0.717, 1.165) is 43.5 Å². The lowest BCUT2D eigenvalue weighted by atomic mass is 9.91. The van der Waals surface area contributed by atoms with Gasteiger partial charge in [0.15, 0.2) is 11.6 Å². The van der Waals surface area contributed by atoms with Crippen LogP contribution in [-0.2, 0) is 24.7 Å². The van der Waals surface area contributed by atoms with Gasteiger partial charge in [-0.2, -0.15) is 5.10 Å². The molecule has 4 nitrogen and oxygen atoms in total. The molecule has 1 aliphatic rings. The van der Waals surface area contributed by atoms with Crippen molar-refractivity contribution >= 4 is 5.91 Å². The first kappa shape index (κ1) is 18.5. The maximum atomic E-state index is 13.3. The second-order valence-electron chi connectivity index (χ2n) is 7.16. The molecule has 26 heavy (non-hydrogen) atoms. The molecule has 1 unspecified atom stereocenters. The summed E-state index contributed by atoms with van der Waals surface area (Å²) in [5, 5.41) is 4.13. The monoisotopic (exact) mass is 361 g/mol. The highest BCUT2D eigenvalue weighted by Crippen LogP contribution is 2.23. The van der Waals surface area contributed by atoms with Crippen LogP contribution in [0.1, 0.15) is 36.8 Å². The number of carbonyl (C=O) groups excluding carboxylic acids is 1. The summed E-state index contributed by atoms with van der Waals surface area (Å²) in [6.45, 7) is 1.57. The fourth-order valence-corrected chi connectivity index (χ4v) is 3.60. The molecule has 0 spiro atoms. The van der Waals surface area contributed by atoms with Crippen molar-refractivity contribution < 1.29 is 13.6 Å². The van der Waals surface area contributed by atoms with Gasteiger partial charge in [0.25, 0.3) is 0 Å². The third-order valence-electron chi connectivity index (χ3n) is 5.08. The molecule has 1 aliphatic heterocycles. The van der Waals surface area contributed by atoms with Crippen molar-refractivity contribution in [3.05, 3.63) is 53.4 Å². The van der Waals surface area contributed by atoms with E-state index in [1.165, 1.54) is 12.1 Å². The number of hydrogen-bond acceptors (Lipinski definition) is 2. The Labute approximate surface area is 152 Å². The number of rotatable bonds is 6. The highest BCUT2D eigenvalue weighted by molar-refractivity contribution is 5.76. The van der Waals surface area contributed by atoms with Crippen LogP contribution in [-0.4, -0.2) is 33.7 Å². The Morgan fingerprint density at radius 1 is 1.23 bits per heavy atom. The SMILES string of the molecule is Cn1cc(CCC(=O)N2CCCC(CCc3ccc(F)c(F)c3)C2)cn1. The summed E-state index contributed by atoms with van der Waals surface area (Å²) in [7, 11) is 1.87. The summed E-state index contributed by atoms with van der Waals surface area (Å²) in [4.78, 5) is 14.4. The topological polar surface area (TPSA) is 38.1 Å². The summed E-state index contributed by atoms with van der Waals surface area (Å²) in [5.41, 5.74) is 1.89. The number of likely N-dealkylation sites (tertiary alicyclic amines) is 1. The van der Waals surface area contributed by atoms with Crippen LogP contribution in [0.5, 0.6) is 0 Å². The molecule has 0 aliphatic carbocycles. The Hall–Kier alpha value is -2.24. The number of amides is 1. The number of halogens is 2. The molecule has 2 aromatic rings. The molecule has 1 fully saturated rings. The number of aryl methyl sites for hydroxylation is 3. The van der Waals surface area contributed by atoms with Gasteiger partial charge in [0.2, 0.25) is 5.91 Å². The van der Waals surface area contributed by atoms with Gasteiger partial charge in [-0.25, -0.2) is 8.78 Å². The fraction of sp³-hybridized carbons (Fsp3) is 0.500. The molecule has 1 aromatic heterocycles. The second kappa shape index (κ2) is 8.43. The molecule has 0 radical (unpaired) electrons. The van der Waals surface area contributed by atoms with Crippen LogP contribution in [0, 0.1) is 17.6 Å². The lowest BCUT2D eigenvalue weighted by Gasteiger charge is -2.33. The van der Waals surface area contributed by atoms with Gasteiger partial charge in [0.1, 0.15) is 0 Å². The fourth-order valence-electron chi connectivity index (χ4n) is 3.60. The zero-order chi connectivity index (χ0) is 18.5. The van der Waals surface area contributed by atoms with Crippen molar-refractivity contribution in [1.82, 2.24) is 14.7 Å². The highest BCUT2D eigenvalue weighted by atomic mass is 19.2. The van der Waals surface area contributed by atoms with Crippen molar-refractivity contribution in [1.29, 1.82) is 0 Å². The van der Waals surface area contributed by atoms with Crippen LogP contribution in [0.2, 0.25) is 0 Å². The normalized spacial score (nSPS) is 17.5. The Kier molecular flexibility index (Phi) is 6.01. The van der Waals surface area contributed by atoms with Gasteiger partial charge in [0.05, 0.1) is 6.20 Å². The van der Waals surface area contributed by atoms with Crippen LogP contribution in [0.25, 0.3) is 0 Å². The van der Waals surface area contributed by atoms with E-state index >= 15 is 0 Å². The number of hydrogen-bond donors (Lipinski definition) is 0. The van der Waals surface area contributed by atoms with E-state index in [4.69, 9.17) is 0 Å². The second-order valence-corrected chi connectivity index (χ2v) is 7.16. The zero-order valence-corrected chi connectivity index (χ0v) is 15.1. The molecule has 0 saturated carbocycles. The zero-order valence-electron chi connectivity index (χ0n) is 15.1. The first-order chi connectivity index (χ1) is 12.5. The number of piperidine rings is 1. The lowest BCUT2D eigenvalue weighted by Crippen LogP contribution is -2.40. The number of carbonyl (C=O) groups is 1. The van der Waals surface area contributed by atoms with Gasteiger partial charge in [-0.15, -0.1) is 0 Å². The molecule has 1 saturated heterocycles. The quantitative estimate of drug-likeness (QED) is 0.790. The van der Waals surface area contributed by atoms with E-state index in [0.29, 0.717) is 25.2 Å². The highest BCUT2D eigenvalue weighted by Gasteiger charge is 2.23. The average molecular weight is 361 g/mol. The molecule has 1 atom stereocenters. The Morgan fingerprint density at radius 2 is 2.08 bits per heavy atom. The minimum Gasteiger partial charge on any atom is -0.342 e. The van der Waals surface area contributed by atoms with E-state index in [9.17, 15) is 13.6 Å². The molecule has 3 rings (SSSR count). The summed E-state index contributed by atoms with van der Waals surface area (Å²) in [6.07, 6.45) is 8.63. The Morgan fingerprint density at radius 3 is 2.81 bits per heavy atom. The number of aromatic nitrogens is 2. The standard InChI is InChI=1S/C20H25F2N3O/c1-24-13-17(12-23-24)7-9-20(26)25-10-2-3-16(14-25)5-4-15-6-8-18(21)19(22)11-15/h6,8,11-13,16H,2-5,7,9-10,14H2,1H3. The van der Waals surface area contributed by atoms with Crippen molar-refractivity contribution in [3.8, 4) is 0 Å². The van der Waals surface area contributed by atoms with Gasteiger partial charge in [0, 0.05) is 32.8 Å². The van der Waals surface area contributed by atoms with Crippen LogP contribution < -0.4 is 0 Å². The van der Waals surface area contributed by atoms with E-state index in [2.05, 4.69) is 5.10 Å². The van der Waals surface area contributed by atoms with E-state index in [1.807, 2.05) is 18.1 Å². The number of benzene rings is 1. The molecular formula is C20H25F2N3O. The maximum Gasteiger partial charge on any atom is 0.222 e. The molecule has 0 bridgehead atoms. The summed E-state index contributed by atoms with van der Waals surface area (Å²) < 4.78 is 28.1. The average Bonchev–Trinajstić information content (AvgIpc) is 3.06. The lowest BCUT2D eigenvalue weighted by molar-refractivity contribution is -0.133. The molecule has 1 amide bonds. The van der Waals surface area contributed by atoms with Gasteiger partial charge in [-0.1, -0.05) is 6.07 Å². The maximum absolute atomic E-state index is 13.3. The first-order valence-electron chi connectivity index (χ1n) is 9.20. The molecule has 2 heterocycles. The minimum absolute atomic E-state index is 0.186. The molecule has 140 valence electrons. The Balaban J connectivity index is 1.47. The van der Waals surface area contributed by atoms with Crippen LogP contribution >= 0.6 is 0 Å². The molecule has 1 aromatic carbocycles. The van der Waals surface area contributed by atoms with Gasteiger partial charge < -0.3 is 4.90 Å². The van der Waals surface area contributed by atoms with Gasteiger partial charge >= 0.3 is 0 Å². The van der Waals surface area contributed by atoms with E-state index in [-0.39, 0.29) is 5.91 Å². The van der Waals surface area contributed by atoms with E-state index in [1.54, 1.807) is 16.9 Å².